The molecule has 170 valence electrons. The summed E-state index contributed by atoms with van der Waals surface area (Å²) in [4.78, 5) is 48.0. The van der Waals surface area contributed by atoms with Gasteiger partial charge in [0.2, 0.25) is 5.43 Å². The second kappa shape index (κ2) is 8.23. The first-order valence-corrected chi connectivity index (χ1v) is 11.1. The Morgan fingerprint density at radius 2 is 2.12 bits per heavy atom. The van der Waals surface area contributed by atoms with Crippen molar-refractivity contribution in [2.24, 2.45) is 0 Å². The number of carbonyl (C=O) groups is 1. The fourth-order valence-electron chi connectivity index (χ4n) is 4.59. The molecule has 1 saturated heterocycles. The molecule has 1 amide bonds. The van der Waals surface area contributed by atoms with Gasteiger partial charge in [-0.05, 0) is 31.4 Å². The number of nitrogens with zero attached hydrogens (tertiary/aromatic N) is 3. The highest BCUT2D eigenvalue weighted by Gasteiger charge is 2.28. The van der Waals surface area contributed by atoms with Crippen molar-refractivity contribution < 1.29 is 9.53 Å². The van der Waals surface area contributed by atoms with Crippen molar-refractivity contribution >= 4 is 22.5 Å². The summed E-state index contributed by atoms with van der Waals surface area (Å²) in [6.07, 6.45) is 3.83. The summed E-state index contributed by atoms with van der Waals surface area (Å²) in [6, 6.07) is 8.60. The molecule has 3 aromatic heterocycles. The first kappa shape index (κ1) is 21.0. The number of hydrogen-bond donors (Lipinski definition) is 2. The van der Waals surface area contributed by atoms with E-state index >= 15 is 0 Å². The van der Waals surface area contributed by atoms with E-state index in [9.17, 15) is 14.4 Å². The van der Waals surface area contributed by atoms with Crippen molar-refractivity contribution in [2.75, 3.05) is 20.2 Å². The molecule has 2 N–H and O–H groups in total. The summed E-state index contributed by atoms with van der Waals surface area (Å²) in [7, 11) is 1.54. The molecule has 0 radical (unpaired) electrons. The van der Waals surface area contributed by atoms with Gasteiger partial charge in [-0.2, -0.15) is 0 Å². The van der Waals surface area contributed by atoms with Crippen LogP contribution in [0.1, 0.15) is 47.4 Å². The summed E-state index contributed by atoms with van der Waals surface area (Å²) in [5.41, 5.74) is 2.41. The number of amides is 1. The zero-order chi connectivity index (χ0) is 23.1. The normalized spacial score (nSPS) is 16.4. The van der Waals surface area contributed by atoms with Gasteiger partial charge in [0.1, 0.15) is 11.3 Å². The first-order chi connectivity index (χ1) is 16.0. The van der Waals surface area contributed by atoms with Crippen LogP contribution in [0.25, 0.3) is 16.6 Å². The number of pyridine rings is 1. The minimum atomic E-state index is -0.316. The molecule has 1 aliphatic heterocycles. The Balaban J connectivity index is 1.44. The maximum Gasteiger partial charge on any atom is 0.272 e. The van der Waals surface area contributed by atoms with Gasteiger partial charge in [-0.3, -0.25) is 19.5 Å². The molecule has 1 atom stereocenters. The highest BCUT2D eigenvalue weighted by Crippen LogP contribution is 2.27. The molecule has 1 aliphatic rings. The topological polar surface area (TPSA) is 113 Å². The SMILES string of the molecule is CCc1cc(=O)n2[nH]c([C@@H]3CCCN(C(=O)c4c[nH]c5c(OC)cccc5c4=O)C3)cc2n1. The van der Waals surface area contributed by atoms with Crippen LogP contribution in [0.15, 0.2) is 46.1 Å². The molecule has 0 aliphatic carbocycles. The number of para-hydroxylation sites is 1. The van der Waals surface area contributed by atoms with Crippen LogP contribution in [-0.2, 0) is 6.42 Å². The van der Waals surface area contributed by atoms with Crippen LogP contribution in [-0.4, -0.2) is 50.6 Å². The number of benzene rings is 1. The van der Waals surface area contributed by atoms with Crippen LogP contribution in [0.2, 0.25) is 0 Å². The zero-order valence-corrected chi connectivity index (χ0v) is 18.6. The van der Waals surface area contributed by atoms with E-state index in [1.54, 1.807) is 23.1 Å². The van der Waals surface area contributed by atoms with Crippen LogP contribution in [0.4, 0.5) is 0 Å². The summed E-state index contributed by atoms with van der Waals surface area (Å²) >= 11 is 0. The zero-order valence-electron chi connectivity index (χ0n) is 18.6. The van der Waals surface area contributed by atoms with Gasteiger partial charge in [0.15, 0.2) is 5.65 Å². The van der Waals surface area contributed by atoms with Crippen LogP contribution in [0, 0.1) is 0 Å². The van der Waals surface area contributed by atoms with Crippen LogP contribution in [0.3, 0.4) is 0 Å². The number of nitrogens with one attached hydrogen (secondary N) is 2. The number of rotatable bonds is 4. The third-order valence-corrected chi connectivity index (χ3v) is 6.36. The van der Waals surface area contributed by atoms with Crippen molar-refractivity contribution in [1.82, 2.24) is 24.5 Å². The maximum absolute atomic E-state index is 13.3. The van der Waals surface area contributed by atoms with Gasteiger partial charge in [-0.25, -0.2) is 9.50 Å². The Bertz CT molecular complexity index is 1480. The highest BCUT2D eigenvalue weighted by atomic mass is 16.5. The Morgan fingerprint density at radius 3 is 2.91 bits per heavy atom. The minimum absolute atomic E-state index is 0.0218. The van der Waals surface area contributed by atoms with Gasteiger partial charge in [0.05, 0.1) is 18.0 Å². The molecule has 9 heteroatoms. The summed E-state index contributed by atoms with van der Waals surface area (Å²) in [5, 5.41) is 3.57. The number of likely N-dealkylation sites (tertiary alicyclic amines) is 1. The first-order valence-electron chi connectivity index (χ1n) is 11.1. The lowest BCUT2D eigenvalue weighted by atomic mass is 9.94. The molecule has 0 bridgehead atoms. The van der Waals surface area contributed by atoms with Crippen molar-refractivity contribution in [2.45, 2.75) is 32.1 Å². The lowest BCUT2D eigenvalue weighted by Crippen LogP contribution is -2.41. The average Bonchev–Trinajstić information content (AvgIpc) is 3.28. The number of hydrogen-bond acceptors (Lipinski definition) is 5. The highest BCUT2D eigenvalue weighted by molar-refractivity contribution is 5.98. The average molecular weight is 447 g/mol. The molecule has 0 saturated carbocycles. The number of carbonyl (C=O) groups excluding carboxylic acids is 1. The lowest BCUT2D eigenvalue weighted by molar-refractivity contribution is 0.0704. The fourth-order valence-corrected chi connectivity index (χ4v) is 4.59. The van der Waals surface area contributed by atoms with E-state index in [4.69, 9.17) is 4.74 Å². The van der Waals surface area contributed by atoms with Crippen molar-refractivity contribution in [3.05, 3.63) is 74.1 Å². The van der Waals surface area contributed by atoms with E-state index in [0.717, 1.165) is 24.2 Å². The van der Waals surface area contributed by atoms with Gasteiger partial charge < -0.3 is 14.6 Å². The van der Waals surface area contributed by atoms with E-state index in [1.807, 2.05) is 13.0 Å². The number of piperidine rings is 1. The third-order valence-electron chi connectivity index (χ3n) is 6.36. The lowest BCUT2D eigenvalue weighted by Gasteiger charge is -2.32. The number of aromatic amines is 2. The molecule has 4 heterocycles. The summed E-state index contributed by atoms with van der Waals surface area (Å²) < 4.78 is 6.75. The predicted molar refractivity (Wildman–Crippen MR) is 124 cm³/mol. The molecule has 33 heavy (non-hydrogen) atoms. The van der Waals surface area contributed by atoms with Crippen LogP contribution < -0.4 is 15.7 Å². The standard InChI is InChI=1S/C24H25N5O4/c1-3-15-10-21(30)29-20(26-15)11-18(27-29)14-6-5-9-28(13-14)24(32)17-12-25-22-16(23(17)31)7-4-8-19(22)33-2/h4,7-8,10-12,14,27H,3,5-6,9,13H2,1-2H3,(H,25,31)/t14-/m1/s1. The molecule has 5 rings (SSSR count). The van der Waals surface area contributed by atoms with E-state index in [2.05, 4.69) is 15.1 Å². The summed E-state index contributed by atoms with van der Waals surface area (Å²) in [5.74, 6) is 0.273. The Kier molecular flexibility index (Phi) is 5.24. The predicted octanol–water partition coefficient (Wildman–Crippen LogP) is 2.45. The number of ether oxygens (including phenoxy) is 1. The molecular formula is C24H25N5O4. The number of aromatic nitrogens is 4. The molecule has 4 aromatic rings. The minimum Gasteiger partial charge on any atom is -0.495 e. The smallest absolute Gasteiger partial charge is 0.272 e. The number of methoxy groups -OCH3 is 1. The van der Waals surface area contributed by atoms with Gasteiger partial charge in [0, 0.05) is 48.7 Å². The number of aryl methyl sites for hydroxylation is 1. The Morgan fingerprint density at radius 1 is 1.27 bits per heavy atom. The quantitative estimate of drug-likeness (QED) is 0.499. The van der Waals surface area contributed by atoms with E-state index in [0.29, 0.717) is 41.8 Å². The van der Waals surface area contributed by atoms with E-state index in [1.165, 1.54) is 23.9 Å². The van der Waals surface area contributed by atoms with Gasteiger partial charge >= 0.3 is 0 Å². The maximum atomic E-state index is 13.3. The van der Waals surface area contributed by atoms with Gasteiger partial charge in [-0.15, -0.1) is 0 Å². The molecule has 1 aromatic carbocycles. The second-order valence-corrected chi connectivity index (χ2v) is 8.35. The monoisotopic (exact) mass is 447 g/mol. The van der Waals surface area contributed by atoms with Crippen molar-refractivity contribution in [1.29, 1.82) is 0 Å². The number of fused-ring (bicyclic) bond motifs is 2. The molecule has 1 fully saturated rings. The Labute approximate surface area is 189 Å². The third kappa shape index (κ3) is 3.59. The second-order valence-electron chi connectivity index (χ2n) is 8.35. The van der Waals surface area contributed by atoms with Crippen LogP contribution in [0.5, 0.6) is 5.75 Å². The molecular weight excluding hydrogens is 422 g/mol. The van der Waals surface area contributed by atoms with E-state index < -0.39 is 0 Å². The molecule has 9 nitrogen and oxygen atoms in total. The number of H-pyrrole nitrogens is 2. The van der Waals surface area contributed by atoms with Crippen molar-refractivity contribution in [3.63, 3.8) is 0 Å². The van der Waals surface area contributed by atoms with Crippen LogP contribution >= 0.6 is 0 Å². The molecule has 0 spiro atoms. The molecule has 0 unspecified atom stereocenters. The largest absolute Gasteiger partial charge is 0.495 e. The Hall–Kier alpha value is -3.88. The van der Waals surface area contributed by atoms with E-state index in [-0.39, 0.29) is 28.4 Å². The fraction of sp³-hybridized carbons (Fsp3) is 0.333. The van der Waals surface area contributed by atoms with Gasteiger partial charge in [-0.1, -0.05) is 13.0 Å². The van der Waals surface area contributed by atoms with Gasteiger partial charge in [0.25, 0.3) is 11.5 Å². The summed E-state index contributed by atoms with van der Waals surface area (Å²) in [6.45, 7) is 2.99. The van der Waals surface area contributed by atoms with Crippen molar-refractivity contribution in [3.8, 4) is 5.75 Å².